The largest absolute Gasteiger partial charge is 0.495 e. The highest BCUT2D eigenvalue weighted by molar-refractivity contribution is 5.61. The number of nitrogens with two attached hydrogens (primary N) is 1. The molecule has 0 saturated heterocycles. The maximum atomic E-state index is 8.85. The van der Waals surface area contributed by atoms with E-state index in [9.17, 15) is 0 Å². The Morgan fingerprint density at radius 2 is 2.11 bits per heavy atom. The van der Waals surface area contributed by atoms with Crippen molar-refractivity contribution < 1.29 is 4.74 Å². The summed E-state index contributed by atoms with van der Waals surface area (Å²) in [6.45, 7) is 0.641. The zero-order chi connectivity index (χ0) is 13.7. The molecule has 0 heterocycles. The smallest absolute Gasteiger partial charge is 0.143 e. The van der Waals surface area contributed by atoms with Crippen molar-refractivity contribution in [2.75, 3.05) is 18.2 Å². The average molecular weight is 253 g/mol. The van der Waals surface area contributed by atoms with Gasteiger partial charge in [0.05, 0.1) is 24.4 Å². The van der Waals surface area contributed by atoms with Crippen molar-refractivity contribution in [3.63, 3.8) is 0 Å². The number of benzene rings is 2. The third-order valence-corrected chi connectivity index (χ3v) is 2.79. The number of nitrogens with one attached hydrogen (secondary N) is 1. The van der Waals surface area contributed by atoms with Crippen molar-refractivity contribution in [3.05, 3.63) is 53.6 Å². The Labute approximate surface area is 112 Å². The van der Waals surface area contributed by atoms with E-state index in [1.807, 2.05) is 30.3 Å². The van der Waals surface area contributed by atoms with Crippen LogP contribution in [0.2, 0.25) is 0 Å². The van der Waals surface area contributed by atoms with Gasteiger partial charge in [0.1, 0.15) is 5.75 Å². The van der Waals surface area contributed by atoms with Gasteiger partial charge in [-0.2, -0.15) is 5.26 Å². The van der Waals surface area contributed by atoms with Crippen LogP contribution in [0.4, 0.5) is 11.4 Å². The molecule has 0 aliphatic carbocycles. The number of nitrogens with zero attached hydrogens (tertiary/aromatic N) is 1. The fourth-order valence-electron chi connectivity index (χ4n) is 1.78. The Morgan fingerprint density at radius 1 is 1.26 bits per heavy atom. The van der Waals surface area contributed by atoms with Gasteiger partial charge in [-0.3, -0.25) is 0 Å². The Hall–Kier alpha value is -2.67. The van der Waals surface area contributed by atoms with Crippen LogP contribution in [0, 0.1) is 11.3 Å². The summed E-state index contributed by atoms with van der Waals surface area (Å²) >= 11 is 0. The predicted molar refractivity (Wildman–Crippen MR) is 75.9 cm³/mol. The molecule has 4 nitrogen and oxygen atoms in total. The Balaban J connectivity index is 2.08. The van der Waals surface area contributed by atoms with Gasteiger partial charge in [-0.05, 0) is 29.8 Å². The molecule has 2 aromatic carbocycles. The summed E-state index contributed by atoms with van der Waals surface area (Å²) in [5, 5.41) is 12.1. The standard InChI is InChI=1S/C15H15N3O/c1-19-15-8-13(5-6-14(15)17)18-10-12-4-2-3-11(7-12)9-16/h2-8,18H,10,17H2,1H3. The van der Waals surface area contributed by atoms with E-state index in [4.69, 9.17) is 15.7 Å². The van der Waals surface area contributed by atoms with Crippen LogP contribution in [0.25, 0.3) is 0 Å². The van der Waals surface area contributed by atoms with E-state index < -0.39 is 0 Å². The quantitative estimate of drug-likeness (QED) is 0.822. The maximum Gasteiger partial charge on any atom is 0.143 e. The monoisotopic (exact) mass is 253 g/mol. The molecule has 2 aromatic rings. The Morgan fingerprint density at radius 3 is 2.84 bits per heavy atom. The maximum absolute atomic E-state index is 8.85. The lowest BCUT2D eigenvalue weighted by Crippen LogP contribution is -2.01. The van der Waals surface area contributed by atoms with Gasteiger partial charge in [-0.15, -0.1) is 0 Å². The first-order valence-electron chi connectivity index (χ1n) is 5.89. The fraction of sp³-hybridized carbons (Fsp3) is 0.133. The molecule has 0 unspecified atom stereocenters. The highest BCUT2D eigenvalue weighted by Gasteiger charge is 2.01. The molecule has 0 aliphatic rings. The molecule has 0 amide bonds. The zero-order valence-corrected chi connectivity index (χ0v) is 10.7. The number of hydrogen-bond acceptors (Lipinski definition) is 4. The molecule has 4 heteroatoms. The molecule has 0 atom stereocenters. The van der Waals surface area contributed by atoms with Gasteiger partial charge in [0.25, 0.3) is 0 Å². The van der Waals surface area contributed by atoms with Gasteiger partial charge in [-0.1, -0.05) is 12.1 Å². The number of rotatable bonds is 4. The molecule has 0 aromatic heterocycles. The number of anilines is 2. The molecule has 0 spiro atoms. The summed E-state index contributed by atoms with van der Waals surface area (Å²) in [5.41, 5.74) is 9.00. The van der Waals surface area contributed by atoms with E-state index in [1.54, 1.807) is 19.2 Å². The molecule has 19 heavy (non-hydrogen) atoms. The summed E-state index contributed by atoms with van der Waals surface area (Å²) in [5.74, 6) is 0.649. The van der Waals surface area contributed by atoms with Crippen molar-refractivity contribution in [1.29, 1.82) is 5.26 Å². The van der Waals surface area contributed by atoms with Crippen LogP contribution in [-0.2, 0) is 6.54 Å². The van der Waals surface area contributed by atoms with E-state index in [1.165, 1.54) is 0 Å². The summed E-state index contributed by atoms with van der Waals surface area (Å²) in [4.78, 5) is 0. The van der Waals surface area contributed by atoms with Gasteiger partial charge in [-0.25, -0.2) is 0 Å². The van der Waals surface area contributed by atoms with Crippen LogP contribution in [0.3, 0.4) is 0 Å². The first-order chi connectivity index (χ1) is 9.22. The van der Waals surface area contributed by atoms with Crippen molar-refractivity contribution in [3.8, 4) is 11.8 Å². The molecule has 0 saturated carbocycles. The number of ether oxygens (including phenoxy) is 1. The molecular weight excluding hydrogens is 238 g/mol. The molecule has 0 fully saturated rings. The molecule has 3 N–H and O–H groups in total. The normalized spacial score (nSPS) is 9.68. The van der Waals surface area contributed by atoms with Gasteiger partial charge in [0, 0.05) is 18.3 Å². The van der Waals surface area contributed by atoms with Crippen LogP contribution in [0.1, 0.15) is 11.1 Å². The van der Waals surface area contributed by atoms with Crippen LogP contribution < -0.4 is 15.8 Å². The van der Waals surface area contributed by atoms with Crippen LogP contribution in [0.5, 0.6) is 5.75 Å². The third kappa shape index (κ3) is 3.17. The second-order valence-electron chi connectivity index (χ2n) is 4.12. The molecule has 0 aliphatic heterocycles. The minimum atomic E-state index is 0.611. The Kier molecular flexibility index (Phi) is 3.89. The molecule has 2 rings (SSSR count). The van der Waals surface area contributed by atoms with E-state index in [0.29, 0.717) is 23.5 Å². The van der Waals surface area contributed by atoms with E-state index in [2.05, 4.69) is 11.4 Å². The number of nitriles is 1. The fourth-order valence-corrected chi connectivity index (χ4v) is 1.78. The minimum Gasteiger partial charge on any atom is -0.495 e. The third-order valence-electron chi connectivity index (χ3n) is 2.79. The number of hydrogen-bond donors (Lipinski definition) is 2. The lowest BCUT2D eigenvalue weighted by Gasteiger charge is -2.10. The number of methoxy groups -OCH3 is 1. The second-order valence-corrected chi connectivity index (χ2v) is 4.12. The van der Waals surface area contributed by atoms with E-state index >= 15 is 0 Å². The second kappa shape index (κ2) is 5.78. The first kappa shape index (κ1) is 12.8. The summed E-state index contributed by atoms with van der Waals surface area (Å²) in [6, 6.07) is 15.2. The van der Waals surface area contributed by atoms with Crippen molar-refractivity contribution in [2.24, 2.45) is 0 Å². The lowest BCUT2D eigenvalue weighted by atomic mass is 10.1. The first-order valence-corrected chi connectivity index (χ1v) is 5.89. The summed E-state index contributed by atoms with van der Waals surface area (Å²) in [7, 11) is 1.59. The van der Waals surface area contributed by atoms with Crippen LogP contribution >= 0.6 is 0 Å². The molecular formula is C15H15N3O. The van der Waals surface area contributed by atoms with Gasteiger partial charge >= 0.3 is 0 Å². The SMILES string of the molecule is COc1cc(NCc2cccc(C#N)c2)ccc1N. The molecule has 0 radical (unpaired) electrons. The predicted octanol–water partition coefficient (Wildman–Crippen LogP) is 2.76. The topological polar surface area (TPSA) is 71.1 Å². The van der Waals surface area contributed by atoms with E-state index in [-0.39, 0.29) is 0 Å². The minimum absolute atomic E-state index is 0.611. The van der Waals surface area contributed by atoms with Crippen molar-refractivity contribution >= 4 is 11.4 Å². The highest BCUT2D eigenvalue weighted by atomic mass is 16.5. The van der Waals surface area contributed by atoms with Gasteiger partial charge in [0.15, 0.2) is 0 Å². The average Bonchev–Trinajstić information content (AvgIpc) is 2.46. The van der Waals surface area contributed by atoms with Gasteiger partial charge in [0.2, 0.25) is 0 Å². The van der Waals surface area contributed by atoms with Crippen LogP contribution in [-0.4, -0.2) is 7.11 Å². The summed E-state index contributed by atoms with van der Waals surface area (Å²) < 4.78 is 5.17. The van der Waals surface area contributed by atoms with Crippen molar-refractivity contribution in [2.45, 2.75) is 6.54 Å². The van der Waals surface area contributed by atoms with Crippen LogP contribution in [0.15, 0.2) is 42.5 Å². The highest BCUT2D eigenvalue weighted by Crippen LogP contribution is 2.25. The van der Waals surface area contributed by atoms with Gasteiger partial charge < -0.3 is 15.8 Å². The molecule has 96 valence electrons. The summed E-state index contributed by atoms with van der Waals surface area (Å²) in [6.07, 6.45) is 0. The molecule has 0 bridgehead atoms. The Bertz CT molecular complexity index is 617. The van der Waals surface area contributed by atoms with E-state index in [0.717, 1.165) is 11.3 Å². The lowest BCUT2D eigenvalue weighted by molar-refractivity contribution is 0.417. The number of nitrogen functional groups attached to an aromatic ring is 1. The van der Waals surface area contributed by atoms with Crippen molar-refractivity contribution in [1.82, 2.24) is 0 Å². The zero-order valence-electron chi connectivity index (χ0n) is 10.7.